The lowest BCUT2D eigenvalue weighted by Gasteiger charge is -2.32. The number of aryl methyl sites for hydroxylation is 1. The number of hydrogen-bond donors (Lipinski definition) is 0. The molecule has 112 valence electrons. The summed E-state index contributed by atoms with van der Waals surface area (Å²) in [5.74, 6) is 0.672. The molecule has 0 radical (unpaired) electrons. The maximum Gasteiger partial charge on any atom is 0.495 e. The van der Waals surface area contributed by atoms with Crippen molar-refractivity contribution in [3.05, 3.63) is 12.1 Å². The van der Waals surface area contributed by atoms with Crippen LogP contribution in [0.1, 0.15) is 27.7 Å². The fourth-order valence-electron chi connectivity index (χ4n) is 2.38. The molecule has 7 heteroatoms. The minimum Gasteiger partial charge on any atom is -0.494 e. The summed E-state index contributed by atoms with van der Waals surface area (Å²) in [6.07, 6.45) is 0. The van der Waals surface area contributed by atoms with E-state index in [-0.39, 0.29) is 11.2 Å². The first-order chi connectivity index (χ1) is 9.73. The van der Waals surface area contributed by atoms with Crippen molar-refractivity contribution in [2.45, 2.75) is 38.9 Å². The predicted octanol–water partition coefficient (Wildman–Crippen LogP) is 1.28. The Bertz CT molecular complexity index is 680. The van der Waals surface area contributed by atoms with Crippen LogP contribution in [0.25, 0.3) is 11.0 Å². The molecule has 0 aliphatic carbocycles. The maximum atomic E-state index is 6.07. The van der Waals surface area contributed by atoms with Gasteiger partial charge in [-0.2, -0.15) is 9.90 Å². The number of aromatic nitrogens is 3. The smallest absolute Gasteiger partial charge is 0.494 e. The van der Waals surface area contributed by atoms with Crippen LogP contribution in [0.4, 0.5) is 0 Å². The van der Waals surface area contributed by atoms with Gasteiger partial charge in [0.05, 0.1) is 18.3 Å². The number of rotatable bonds is 2. The van der Waals surface area contributed by atoms with Gasteiger partial charge in [0.15, 0.2) is 5.52 Å². The van der Waals surface area contributed by atoms with E-state index in [1.807, 2.05) is 39.8 Å². The second kappa shape index (κ2) is 4.45. The average molecular weight is 289 g/mol. The number of fused-ring (bicyclic) bond motifs is 1. The Kier molecular flexibility index (Phi) is 3.04. The van der Waals surface area contributed by atoms with E-state index in [0.717, 1.165) is 16.5 Å². The van der Waals surface area contributed by atoms with Gasteiger partial charge in [0.25, 0.3) is 0 Å². The molecule has 2 aromatic rings. The summed E-state index contributed by atoms with van der Waals surface area (Å²) in [7, 11) is 2.97. The molecule has 0 amide bonds. The molecule has 3 rings (SSSR count). The summed E-state index contributed by atoms with van der Waals surface area (Å²) < 4.78 is 17.6. The van der Waals surface area contributed by atoms with Gasteiger partial charge in [-0.1, -0.05) is 0 Å². The van der Waals surface area contributed by atoms with Crippen LogP contribution in [-0.4, -0.2) is 40.4 Å². The molecule has 0 saturated carbocycles. The summed E-state index contributed by atoms with van der Waals surface area (Å²) in [4.78, 5) is 1.53. The van der Waals surface area contributed by atoms with E-state index in [1.165, 1.54) is 4.80 Å². The van der Waals surface area contributed by atoms with E-state index in [2.05, 4.69) is 10.2 Å². The molecule has 0 N–H and O–H groups in total. The normalized spacial score (nSPS) is 20.2. The van der Waals surface area contributed by atoms with Crippen LogP contribution in [0, 0.1) is 0 Å². The lowest BCUT2D eigenvalue weighted by atomic mass is 9.79. The Morgan fingerprint density at radius 1 is 1.10 bits per heavy atom. The second-order valence-corrected chi connectivity index (χ2v) is 6.37. The van der Waals surface area contributed by atoms with E-state index in [4.69, 9.17) is 14.0 Å². The van der Waals surface area contributed by atoms with Crippen molar-refractivity contribution in [1.82, 2.24) is 15.0 Å². The zero-order chi connectivity index (χ0) is 15.4. The lowest BCUT2D eigenvalue weighted by molar-refractivity contribution is 0.00578. The topological polar surface area (TPSA) is 58.4 Å². The fourth-order valence-corrected chi connectivity index (χ4v) is 2.38. The van der Waals surface area contributed by atoms with Crippen LogP contribution in [0.15, 0.2) is 12.1 Å². The van der Waals surface area contributed by atoms with E-state index in [1.54, 1.807) is 14.2 Å². The zero-order valence-corrected chi connectivity index (χ0v) is 13.3. The highest BCUT2D eigenvalue weighted by Crippen LogP contribution is 2.37. The van der Waals surface area contributed by atoms with Gasteiger partial charge in [0.2, 0.25) is 0 Å². The molecule has 1 aromatic carbocycles. The number of benzene rings is 1. The fraction of sp³-hybridized carbons (Fsp3) is 0.571. The van der Waals surface area contributed by atoms with Crippen molar-refractivity contribution in [2.75, 3.05) is 7.11 Å². The predicted molar refractivity (Wildman–Crippen MR) is 80.8 cm³/mol. The molecule has 1 aromatic heterocycles. The third kappa shape index (κ3) is 2.20. The van der Waals surface area contributed by atoms with Gasteiger partial charge in [-0.15, -0.1) is 5.10 Å². The standard InChI is InChI=1S/C14H20BN3O3/c1-13(2)14(3,4)21-15(20-13)9-7-10-12(11(8-9)19-6)17-18(5)16-10/h7-8H,1-6H3. The third-order valence-electron chi connectivity index (χ3n) is 4.32. The summed E-state index contributed by atoms with van der Waals surface area (Å²) in [6.45, 7) is 8.13. The average Bonchev–Trinajstić information content (AvgIpc) is 2.85. The second-order valence-electron chi connectivity index (χ2n) is 6.37. The molecular weight excluding hydrogens is 269 g/mol. The molecule has 21 heavy (non-hydrogen) atoms. The van der Waals surface area contributed by atoms with E-state index in [9.17, 15) is 0 Å². The van der Waals surface area contributed by atoms with Crippen molar-refractivity contribution < 1.29 is 14.0 Å². The Morgan fingerprint density at radius 3 is 2.29 bits per heavy atom. The molecule has 1 fully saturated rings. The van der Waals surface area contributed by atoms with Crippen LogP contribution in [-0.2, 0) is 16.4 Å². The molecule has 1 aliphatic heterocycles. The first-order valence-corrected chi connectivity index (χ1v) is 6.98. The lowest BCUT2D eigenvalue weighted by Crippen LogP contribution is -2.41. The van der Waals surface area contributed by atoms with Crippen molar-refractivity contribution in [3.63, 3.8) is 0 Å². The van der Waals surface area contributed by atoms with Crippen LogP contribution < -0.4 is 10.2 Å². The molecule has 1 saturated heterocycles. The highest BCUT2D eigenvalue weighted by molar-refractivity contribution is 6.62. The summed E-state index contributed by atoms with van der Waals surface area (Å²) >= 11 is 0. The van der Waals surface area contributed by atoms with Crippen molar-refractivity contribution in [1.29, 1.82) is 0 Å². The first-order valence-electron chi connectivity index (χ1n) is 6.98. The van der Waals surface area contributed by atoms with E-state index < -0.39 is 7.12 Å². The number of ether oxygens (including phenoxy) is 1. The molecule has 0 spiro atoms. The highest BCUT2D eigenvalue weighted by Gasteiger charge is 2.51. The molecule has 0 atom stereocenters. The van der Waals surface area contributed by atoms with Gasteiger partial charge in [0.1, 0.15) is 11.3 Å². The minimum atomic E-state index is -0.435. The number of nitrogens with zero attached hydrogens (tertiary/aromatic N) is 3. The maximum absolute atomic E-state index is 6.07. The SMILES string of the molecule is COc1cc(B2OC(C)(C)C(C)(C)O2)cc2nn(C)nc12. The van der Waals surface area contributed by atoms with Crippen molar-refractivity contribution in [2.24, 2.45) is 7.05 Å². The molecule has 6 nitrogen and oxygen atoms in total. The minimum absolute atomic E-state index is 0.373. The summed E-state index contributed by atoms with van der Waals surface area (Å²) in [6, 6.07) is 3.84. The quantitative estimate of drug-likeness (QED) is 0.779. The molecular formula is C14H20BN3O3. The van der Waals surface area contributed by atoms with Crippen LogP contribution in [0.5, 0.6) is 5.75 Å². The molecule has 0 bridgehead atoms. The van der Waals surface area contributed by atoms with Gasteiger partial charge in [-0.25, -0.2) is 0 Å². The van der Waals surface area contributed by atoms with E-state index >= 15 is 0 Å². The Hall–Kier alpha value is -1.60. The Morgan fingerprint density at radius 2 is 1.71 bits per heavy atom. The summed E-state index contributed by atoms with van der Waals surface area (Å²) in [5, 5.41) is 8.65. The first kappa shape index (κ1) is 14.3. The van der Waals surface area contributed by atoms with Crippen molar-refractivity contribution in [3.8, 4) is 5.75 Å². The van der Waals surface area contributed by atoms with Crippen molar-refractivity contribution >= 4 is 23.6 Å². The summed E-state index contributed by atoms with van der Waals surface area (Å²) in [5.41, 5.74) is 1.64. The van der Waals surface area contributed by atoms with Crippen LogP contribution >= 0.6 is 0 Å². The number of methoxy groups -OCH3 is 1. The Balaban J connectivity index is 2.06. The van der Waals surface area contributed by atoms with Gasteiger partial charge in [-0.3, -0.25) is 0 Å². The molecule has 0 unspecified atom stereocenters. The van der Waals surface area contributed by atoms with Crippen LogP contribution in [0.3, 0.4) is 0 Å². The van der Waals surface area contributed by atoms with Gasteiger partial charge in [0, 0.05) is 7.05 Å². The molecule has 2 heterocycles. The van der Waals surface area contributed by atoms with Crippen LogP contribution in [0.2, 0.25) is 0 Å². The molecule has 1 aliphatic rings. The largest absolute Gasteiger partial charge is 0.495 e. The Labute approximate surface area is 124 Å². The zero-order valence-electron chi connectivity index (χ0n) is 13.3. The highest BCUT2D eigenvalue weighted by atomic mass is 16.7. The van der Waals surface area contributed by atoms with Gasteiger partial charge >= 0.3 is 7.12 Å². The van der Waals surface area contributed by atoms with Gasteiger partial charge in [-0.05, 0) is 45.3 Å². The third-order valence-corrected chi connectivity index (χ3v) is 4.32. The monoisotopic (exact) mass is 289 g/mol. The number of hydrogen-bond acceptors (Lipinski definition) is 5. The van der Waals surface area contributed by atoms with Gasteiger partial charge < -0.3 is 14.0 Å². The van der Waals surface area contributed by atoms with E-state index in [0.29, 0.717) is 5.75 Å².